The van der Waals surface area contributed by atoms with Gasteiger partial charge in [0.15, 0.2) is 19.9 Å². The molecule has 0 aliphatic carbocycles. The minimum Gasteiger partial charge on any atom is -0.312 e. The second kappa shape index (κ2) is 49.3. The maximum atomic E-state index is 13.3. The number of rotatable bonds is 17. The van der Waals surface area contributed by atoms with E-state index in [9.17, 15) is 111 Å². The normalized spacial score (nSPS) is 10.8. The fourth-order valence-electron chi connectivity index (χ4n) is 3.93. The van der Waals surface area contributed by atoms with Crippen molar-refractivity contribution in [3.8, 4) is 0 Å². The lowest BCUT2D eigenvalue weighted by atomic mass is 10.2. The first-order valence-corrected chi connectivity index (χ1v) is 26.3. The van der Waals surface area contributed by atoms with E-state index in [1.807, 2.05) is 36.0 Å². The minimum atomic E-state index is -4.62. The summed E-state index contributed by atoms with van der Waals surface area (Å²) in [5, 5.41) is 7.22. The number of nitrogens with one attached hydrogen (secondary N) is 1. The number of nitrogens with zero attached hydrogens (tertiary/aromatic N) is 2. The molecule has 2 aromatic carbocycles. The maximum absolute atomic E-state index is 13.3. The average molecular weight is 1170 g/mol. The van der Waals surface area contributed by atoms with Crippen LogP contribution in [-0.2, 0) is 24.6 Å². The van der Waals surface area contributed by atoms with Gasteiger partial charge in [0.2, 0.25) is 33.5 Å². The average Bonchev–Trinajstić information content (AvgIpc) is 3.29. The van der Waals surface area contributed by atoms with E-state index in [4.69, 9.17) is 5.41 Å². The van der Waals surface area contributed by atoms with Crippen LogP contribution >= 0.6 is 0 Å². The molecule has 0 aliphatic rings. The van der Waals surface area contributed by atoms with Crippen molar-refractivity contribution in [3.05, 3.63) is 85.2 Å². The summed E-state index contributed by atoms with van der Waals surface area (Å²) < 4.78 is 255. The molecule has 0 bridgehead atoms. The molecule has 74 heavy (non-hydrogen) atoms. The van der Waals surface area contributed by atoms with Crippen molar-refractivity contribution in [1.29, 1.82) is 5.41 Å². The van der Waals surface area contributed by atoms with Gasteiger partial charge in [-0.3, -0.25) is 10.2 Å². The van der Waals surface area contributed by atoms with Crippen molar-refractivity contribution < 1.29 is 130 Å². The summed E-state index contributed by atoms with van der Waals surface area (Å²) in [6, 6.07) is 19.7. The monoisotopic (exact) mass is 1170 g/mol. The third-order valence-corrected chi connectivity index (χ3v) is 12.7. The highest BCUT2D eigenvalue weighted by atomic mass is 28.3. The van der Waals surface area contributed by atoms with E-state index in [-0.39, 0.29) is 0 Å². The molecule has 0 aromatic heterocycles. The minimum absolute atomic E-state index is 0.295. The van der Waals surface area contributed by atoms with Crippen LogP contribution in [0.2, 0.25) is 38.3 Å². The Balaban J connectivity index is -0.000000153. The molecule has 0 unspecified atom stereocenters. The van der Waals surface area contributed by atoms with E-state index in [0.29, 0.717) is 25.2 Å². The van der Waals surface area contributed by atoms with Crippen LogP contribution in [-0.4, -0.2) is 113 Å². The van der Waals surface area contributed by atoms with Crippen molar-refractivity contribution in [1.82, 2.24) is 0 Å². The van der Waals surface area contributed by atoms with Gasteiger partial charge in [0, 0.05) is 24.5 Å². The fraction of sp³-hybridized carbons (Fsp3) is 0.550. The molecule has 2 rings (SSSR count). The molecule has 34 heteroatoms. The number of alkyl halides is 19. The zero-order valence-corrected chi connectivity index (χ0v) is 41.7. The van der Waals surface area contributed by atoms with Gasteiger partial charge < -0.3 is 9.80 Å². The first kappa shape index (κ1) is 83.4. The predicted octanol–water partition coefficient (Wildman–Crippen LogP) is 16.8. The smallest absolute Gasteiger partial charge is 0.312 e. The summed E-state index contributed by atoms with van der Waals surface area (Å²) in [5.74, 6) is -0.906. The Morgan fingerprint density at radius 3 is 1.00 bits per heavy atom. The molecular weight excluding hydrogens is 1110 g/mol. The van der Waals surface area contributed by atoms with Gasteiger partial charge in [-0.25, -0.2) is 30.7 Å². The summed E-state index contributed by atoms with van der Waals surface area (Å²) in [6.07, 6.45) is -19.0. The summed E-state index contributed by atoms with van der Waals surface area (Å²) in [4.78, 5) is 23.9. The number of para-hydroxylation sites is 2. The molecule has 2 aromatic rings. The van der Waals surface area contributed by atoms with Crippen LogP contribution in [0.1, 0.15) is 19.3 Å². The van der Waals surface area contributed by atoms with Gasteiger partial charge in [-0.15, -0.1) is 24.6 Å². The number of anilines is 2. The molecule has 1 amide bonds. The molecule has 0 saturated carbocycles. The molecule has 0 saturated heterocycles. The van der Waals surface area contributed by atoms with Crippen LogP contribution in [0.3, 0.4) is 0 Å². The molecular formula is C40H57F24N3O5Si2. The number of halogens is 24. The lowest BCUT2D eigenvalue weighted by molar-refractivity contribution is -0.245. The summed E-state index contributed by atoms with van der Waals surface area (Å²) in [5.41, 5.74) is 5.26. The Kier molecular flexibility index (Phi) is 55.6. The lowest BCUT2D eigenvalue weighted by Gasteiger charge is -2.25. The van der Waals surface area contributed by atoms with Gasteiger partial charge in [0.05, 0.1) is 16.1 Å². The zero-order valence-electron chi connectivity index (χ0n) is 39.7. The van der Waals surface area contributed by atoms with E-state index < -0.39 is 107 Å². The summed E-state index contributed by atoms with van der Waals surface area (Å²) >= 11 is 0. The SMILES string of the molecule is C=C[Si](C)(C)CCCN(C(=N)F)c1ccccc1.C=C[Si](C)(C)CCCN(C(=O)CC(F)(F)F)c1ccccc1.FCC(F)(F)F.FCF.FCF.FCOF.FCOF.FOCC(F)(F)F.FOCC(F)(F)F. The van der Waals surface area contributed by atoms with Gasteiger partial charge in [-0.05, 0) is 55.2 Å². The standard InChI is InChI=1S/C16H22F3NOSi.C14H21FN2Si.2C2H2F4O.C2H2F4.2CH2F2O.2CH2F2/c1-4-22(2,3)12-8-11-20(14-9-6-5-7-10-14)15(21)13-16(17,18)19;1-4-18(2,3)12-8-11-17(14(15)16)13-9-6-5-7-10-13;2*3-2(4,5)1-7-6;3-1-2(4,5)6;2*2-1-4-3;2*2-1-3/h4-7,9-10H,1,8,11-13H2,2-3H3;4-7,9-10,16H,1,8,11-12H2,2-3H3;2*1H2;1H2;2*1H2;2*1H2. The highest BCUT2D eigenvalue weighted by molar-refractivity contribution is 6.82. The maximum Gasteiger partial charge on any atom is 0.416 e. The van der Waals surface area contributed by atoms with E-state index >= 15 is 0 Å². The van der Waals surface area contributed by atoms with Crippen molar-refractivity contribution in [2.45, 2.75) is 82.2 Å². The Hall–Kier alpha value is -4.55. The third kappa shape index (κ3) is 69.5. The van der Waals surface area contributed by atoms with E-state index in [1.54, 1.807) is 30.3 Å². The topological polar surface area (TPSA) is 84.3 Å². The summed E-state index contributed by atoms with van der Waals surface area (Å²) in [6.45, 7) is 5.20. The van der Waals surface area contributed by atoms with Crippen molar-refractivity contribution in [2.75, 3.05) is 70.4 Å². The quantitative estimate of drug-likeness (QED) is 0.0559. The number of carbonyl (C=O) groups excluding carboxylic acids is 1. The van der Waals surface area contributed by atoms with Gasteiger partial charge in [-0.1, -0.05) is 74.7 Å². The van der Waals surface area contributed by atoms with Gasteiger partial charge in [-0.2, -0.15) is 76.8 Å². The number of hydrogen-bond acceptors (Lipinski definition) is 6. The molecule has 0 radical (unpaired) electrons. The first-order valence-electron chi connectivity index (χ1n) is 19.8. The van der Waals surface area contributed by atoms with Gasteiger partial charge in [0.25, 0.3) is 6.09 Å². The number of hydrogen-bond donors (Lipinski definition) is 1. The van der Waals surface area contributed by atoms with Crippen LogP contribution in [0.25, 0.3) is 0 Å². The number of amidine groups is 1. The molecule has 438 valence electrons. The Bertz CT molecular complexity index is 1560. The Morgan fingerprint density at radius 1 is 0.541 bits per heavy atom. The van der Waals surface area contributed by atoms with Crippen LogP contribution in [0.15, 0.2) is 85.2 Å². The zero-order chi connectivity index (χ0) is 59.7. The number of benzene rings is 2. The van der Waals surface area contributed by atoms with Crippen molar-refractivity contribution in [2.24, 2.45) is 0 Å². The van der Waals surface area contributed by atoms with E-state index in [0.717, 1.165) is 24.2 Å². The van der Waals surface area contributed by atoms with Gasteiger partial charge >= 0.3 is 24.7 Å². The highest BCUT2D eigenvalue weighted by Gasteiger charge is 2.34. The lowest BCUT2D eigenvalue weighted by Crippen LogP contribution is -2.36. The van der Waals surface area contributed by atoms with Crippen LogP contribution in [0.4, 0.5) is 117 Å². The van der Waals surface area contributed by atoms with Crippen molar-refractivity contribution in [3.63, 3.8) is 0 Å². The third-order valence-electron chi connectivity index (χ3n) is 7.21. The first-order chi connectivity index (χ1) is 33.9. The van der Waals surface area contributed by atoms with Crippen LogP contribution in [0, 0.1) is 5.41 Å². The van der Waals surface area contributed by atoms with Crippen molar-refractivity contribution >= 4 is 39.5 Å². The molecule has 0 fully saturated rings. The second-order valence-corrected chi connectivity index (χ2v) is 23.9. The molecule has 0 atom stereocenters. The predicted molar refractivity (Wildman–Crippen MR) is 235 cm³/mol. The van der Waals surface area contributed by atoms with Crippen LogP contribution < -0.4 is 9.80 Å². The Morgan fingerprint density at radius 2 is 0.811 bits per heavy atom. The van der Waals surface area contributed by atoms with E-state index in [2.05, 4.69) is 64.8 Å². The molecule has 0 heterocycles. The Labute approximate surface area is 413 Å². The molecule has 1 N–H and O–H groups in total. The highest BCUT2D eigenvalue weighted by Crippen LogP contribution is 2.25. The number of carbonyl (C=O) groups is 1. The van der Waals surface area contributed by atoms with Gasteiger partial charge in [0.1, 0.15) is 6.42 Å². The number of amides is 1. The molecule has 8 nitrogen and oxygen atoms in total. The largest absolute Gasteiger partial charge is 0.416 e. The van der Waals surface area contributed by atoms with Crippen LogP contribution in [0.5, 0.6) is 0 Å². The second-order valence-electron chi connectivity index (χ2n) is 14.2. The molecule has 0 aliphatic heterocycles. The fourth-order valence-corrected chi connectivity index (χ4v) is 6.48. The molecule has 0 spiro atoms. The summed E-state index contributed by atoms with van der Waals surface area (Å²) in [7, 11) is -2.86. The van der Waals surface area contributed by atoms with E-state index in [1.165, 1.54) is 9.80 Å².